The number of amides is 1. The van der Waals surface area contributed by atoms with E-state index >= 15 is 0 Å². The van der Waals surface area contributed by atoms with Crippen LogP contribution in [0.5, 0.6) is 0 Å². The highest BCUT2D eigenvalue weighted by Crippen LogP contribution is 2.33. The molecule has 0 unspecified atom stereocenters. The first kappa shape index (κ1) is 19.8. The molecule has 0 radical (unpaired) electrons. The minimum Gasteiger partial charge on any atom is -0.372 e. The van der Waals surface area contributed by atoms with Crippen LogP contribution in [0.2, 0.25) is 0 Å². The van der Waals surface area contributed by atoms with E-state index in [-0.39, 0.29) is 5.91 Å². The van der Waals surface area contributed by atoms with Crippen LogP contribution in [0.15, 0.2) is 0 Å². The molecule has 4 rings (SSSR count). The number of fused-ring (bicyclic) bond motifs is 1. The summed E-state index contributed by atoms with van der Waals surface area (Å²) in [5, 5.41) is 6.91. The van der Waals surface area contributed by atoms with Gasteiger partial charge in [-0.25, -0.2) is 8.42 Å². The smallest absolute Gasteiger partial charge is 0.274 e. The summed E-state index contributed by atoms with van der Waals surface area (Å²) >= 11 is 0. The van der Waals surface area contributed by atoms with Gasteiger partial charge in [0.15, 0.2) is 5.69 Å². The average molecular weight is 411 g/mol. The number of aromatic amines is 1. The summed E-state index contributed by atoms with van der Waals surface area (Å²) in [7, 11) is -3.29. The molecule has 0 aromatic carbocycles. The highest BCUT2D eigenvalue weighted by atomic mass is 32.2. The summed E-state index contributed by atoms with van der Waals surface area (Å²) in [6.07, 6.45) is 5.42. The van der Waals surface area contributed by atoms with Crippen molar-refractivity contribution in [2.24, 2.45) is 0 Å². The van der Waals surface area contributed by atoms with E-state index < -0.39 is 20.9 Å². The lowest BCUT2D eigenvalue weighted by atomic mass is 9.89. The number of nitrogens with zero attached hydrogens (tertiary/aromatic N) is 3. The van der Waals surface area contributed by atoms with E-state index in [4.69, 9.17) is 4.74 Å². The van der Waals surface area contributed by atoms with Gasteiger partial charge in [-0.15, -0.1) is 0 Å². The molecule has 28 heavy (non-hydrogen) atoms. The van der Waals surface area contributed by atoms with Crippen LogP contribution >= 0.6 is 0 Å². The van der Waals surface area contributed by atoms with Crippen LogP contribution < -0.4 is 0 Å². The number of aromatic nitrogens is 2. The molecule has 3 heterocycles. The van der Waals surface area contributed by atoms with Gasteiger partial charge in [0.1, 0.15) is 0 Å². The number of nitrogens with one attached hydrogen (secondary N) is 1. The van der Waals surface area contributed by atoms with Gasteiger partial charge >= 0.3 is 0 Å². The number of carbonyl (C=O) groups excluding carboxylic acids is 1. The Labute approximate surface area is 166 Å². The molecule has 2 aliphatic heterocycles. The number of hydrogen-bond acceptors (Lipinski definition) is 5. The quantitative estimate of drug-likeness (QED) is 0.811. The van der Waals surface area contributed by atoms with Crippen molar-refractivity contribution in [2.45, 2.75) is 63.2 Å². The topological polar surface area (TPSA) is 95.6 Å². The standard InChI is InChI=1S/C19H30N4O4S/c1-14(2)28(25,26)23-11-12-27-19(13-23)7-9-22(10-8-19)18(24)17-15-5-3-4-6-16(15)20-21-17/h14H,3-13H2,1-2H3,(H,20,21). The van der Waals surface area contributed by atoms with Crippen LogP contribution in [0.3, 0.4) is 0 Å². The SMILES string of the molecule is CC(C)S(=O)(=O)N1CCOC2(CCN(C(=O)c3n[nH]c4c3CCCC4)CC2)C1. The molecular formula is C19H30N4O4S. The van der Waals surface area contributed by atoms with Crippen molar-refractivity contribution in [3.8, 4) is 0 Å². The van der Waals surface area contributed by atoms with Gasteiger partial charge in [-0.3, -0.25) is 9.89 Å². The third-order valence-corrected chi connectivity index (χ3v) is 8.61. The number of ether oxygens (including phenoxy) is 1. The van der Waals surface area contributed by atoms with E-state index in [0.29, 0.717) is 51.3 Å². The number of likely N-dealkylation sites (tertiary alicyclic amines) is 1. The number of aryl methyl sites for hydroxylation is 1. The fourth-order valence-corrected chi connectivity index (χ4v) is 5.89. The first-order chi connectivity index (χ1) is 13.3. The van der Waals surface area contributed by atoms with Gasteiger partial charge < -0.3 is 9.64 Å². The molecule has 1 aliphatic carbocycles. The Morgan fingerprint density at radius 2 is 1.89 bits per heavy atom. The summed E-state index contributed by atoms with van der Waals surface area (Å²) < 4.78 is 32.8. The van der Waals surface area contributed by atoms with Crippen molar-refractivity contribution >= 4 is 15.9 Å². The molecule has 1 amide bonds. The number of carbonyl (C=O) groups is 1. The molecule has 0 bridgehead atoms. The maximum Gasteiger partial charge on any atom is 0.274 e. The van der Waals surface area contributed by atoms with Gasteiger partial charge in [-0.2, -0.15) is 9.40 Å². The van der Waals surface area contributed by atoms with E-state index in [1.165, 1.54) is 0 Å². The first-order valence-corrected chi connectivity index (χ1v) is 11.8. The van der Waals surface area contributed by atoms with Crippen LogP contribution in [0.1, 0.15) is 61.3 Å². The molecule has 1 spiro atoms. The first-order valence-electron chi connectivity index (χ1n) is 10.3. The van der Waals surface area contributed by atoms with Crippen LogP contribution in [0, 0.1) is 0 Å². The Morgan fingerprint density at radius 1 is 1.18 bits per heavy atom. The lowest BCUT2D eigenvalue weighted by Gasteiger charge is -2.47. The molecule has 8 nitrogen and oxygen atoms in total. The molecule has 1 aromatic rings. The number of H-pyrrole nitrogens is 1. The Bertz CT molecular complexity index is 840. The number of morpholine rings is 1. The predicted octanol–water partition coefficient (Wildman–Crippen LogP) is 1.33. The van der Waals surface area contributed by atoms with Crippen LogP contribution in [-0.4, -0.2) is 77.4 Å². The fourth-order valence-electron chi connectivity index (χ4n) is 4.55. The average Bonchev–Trinajstić information content (AvgIpc) is 3.12. The number of hydrogen-bond donors (Lipinski definition) is 1. The Balaban J connectivity index is 1.43. The van der Waals surface area contributed by atoms with E-state index in [9.17, 15) is 13.2 Å². The van der Waals surface area contributed by atoms with Gasteiger partial charge in [-0.1, -0.05) is 0 Å². The second-order valence-electron chi connectivity index (χ2n) is 8.49. The van der Waals surface area contributed by atoms with Gasteiger partial charge in [0.2, 0.25) is 10.0 Å². The molecule has 9 heteroatoms. The molecule has 3 aliphatic rings. The summed E-state index contributed by atoms with van der Waals surface area (Å²) in [6.45, 7) is 5.75. The molecule has 2 fully saturated rings. The molecule has 1 N–H and O–H groups in total. The zero-order valence-electron chi connectivity index (χ0n) is 16.7. The van der Waals surface area contributed by atoms with Crippen molar-refractivity contribution < 1.29 is 17.9 Å². The normalized spacial score (nSPS) is 23.2. The second kappa shape index (κ2) is 7.42. The Hall–Kier alpha value is -1.45. The molecule has 2 saturated heterocycles. The second-order valence-corrected chi connectivity index (χ2v) is 11.0. The molecule has 0 saturated carbocycles. The van der Waals surface area contributed by atoms with Crippen molar-refractivity contribution in [1.29, 1.82) is 0 Å². The van der Waals surface area contributed by atoms with Gasteiger partial charge in [0.25, 0.3) is 5.91 Å². The van der Waals surface area contributed by atoms with Crippen LogP contribution in [0.4, 0.5) is 0 Å². The van der Waals surface area contributed by atoms with E-state index in [0.717, 1.165) is 36.9 Å². The third kappa shape index (κ3) is 3.48. The maximum atomic E-state index is 13.0. The summed E-state index contributed by atoms with van der Waals surface area (Å²) in [5.41, 5.74) is 2.27. The van der Waals surface area contributed by atoms with Crippen LogP contribution in [-0.2, 0) is 27.6 Å². The summed E-state index contributed by atoms with van der Waals surface area (Å²) in [4.78, 5) is 14.9. The molecule has 156 valence electrons. The lowest BCUT2D eigenvalue weighted by molar-refractivity contribution is -0.115. The van der Waals surface area contributed by atoms with Gasteiger partial charge in [0.05, 0.1) is 17.5 Å². The third-order valence-electron chi connectivity index (χ3n) is 6.39. The fraction of sp³-hybridized carbons (Fsp3) is 0.789. The minimum absolute atomic E-state index is 0.0169. The summed E-state index contributed by atoms with van der Waals surface area (Å²) in [6, 6.07) is 0. The lowest BCUT2D eigenvalue weighted by Crippen LogP contribution is -2.59. The van der Waals surface area contributed by atoms with Crippen LogP contribution in [0.25, 0.3) is 0 Å². The number of sulfonamides is 1. The monoisotopic (exact) mass is 410 g/mol. The molecule has 1 aromatic heterocycles. The molecule has 0 atom stereocenters. The van der Waals surface area contributed by atoms with E-state index in [2.05, 4.69) is 10.2 Å². The molecular weight excluding hydrogens is 380 g/mol. The van der Waals surface area contributed by atoms with Crippen molar-refractivity contribution in [1.82, 2.24) is 19.4 Å². The maximum absolute atomic E-state index is 13.0. The Kier molecular flexibility index (Phi) is 5.26. The zero-order valence-corrected chi connectivity index (χ0v) is 17.6. The summed E-state index contributed by atoms with van der Waals surface area (Å²) in [5.74, 6) is -0.0169. The highest BCUT2D eigenvalue weighted by Gasteiger charge is 2.44. The predicted molar refractivity (Wildman–Crippen MR) is 105 cm³/mol. The van der Waals surface area contributed by atoms with E-state index in [1.807, 2.05) is 4.90 Å². The van der Waals surface area contributed by atoms with Gasteiger partial charge in [0, 0.05) is 37.4 Å². The Morgan fingerprint density at radius 3 is 2.61 bits per heavy atom. The highest BCUT2D eigenvalue weighted by molar-refractivity contribution is 7.89. The van der Waals surface area contributed by atoms with Crippen molar-refractivity contribution in [3.63, 3.8) is 0 Å². The van der Waals surface area contributed by atoms with Crippen molar-refractivity contribution in [3.05, 3.63) is 17.0 Å². The number of rotatable bonds is 3. The largest absolute Gasteiger partial charge is 0.372 e. The van der Waals surface area contributed by atoms with Gasteiger partial charge in [-0.05, 0) is 52.4 Å². The zero-order chi connectivity index (χ0) is 19.9. The van der Waals surface area contributed by atoms with E-state index in [1.54, 1.807) is 18.2 Å². The minimum atomic E-state index is -3.29. The number of piperidine rings is 1. The van der Waals surface area contributed by atoms with Crippen molar-refractivity contribution in [2.75, 3.05) is 32.8 Å².